The average molecular weight is 288 g/mol. The highest BCUT2D eigenvalue weighted by molar-refractivity contribution is 5.91. The highest BCUT2D eigenvalue weighted by Crippen LogP contribution is 2.35. The van der Waals surface area contributed by atoms with E-state index in [4.69, 9.17) is 0 Å². The number of fused-ring (bicyclic) bond motifs is 1. The van der Waals surface area contributed by atoms with Crippen LogP contribution in [0.25, 0.3) is 0 Å². The fourth-order valence-corrected chi connectivity index (χ4v) is 3.95. The van der Waals surface area contributed by atoms with Gasteiger partial charge in [0.1, 0.15) is 0 Å². The van der Waals surface area contributed by atoms with E-state index in [1.165, 1.54) is 38.9 Å². The van der Waals surface area contributed by atoms with Crippen molar-refractivity contribution in [1.29, 1.82) is 0 Å². The van der Waals surface area contributed by atoms with Gasteiger partial charge in [0.15, 0.2) is 5.82 Å². The van der Waals surface area contributed by atoms with Crippen LogP contribution in [0.1, 0.15) is 29.9 Å². The SMILES string of the molecule is Cn1ccnc1C(=O)N1C[C@H]2CCN(CC3CC3)C[C@H]2C1. The minimum absolute atomic E-state index is 0.102. The van der Waals surface area contributed by atoms with E-state index in [0.29, 0.717) is 17.7 Å². The smallest absolute Gasteiger partial charge is 0.289 e. The van der Waals surface area contributed by atoms with Crippen LogP contribution < -0.4 is 0 Å². The second kappa shape index (κ2) is 5.13. The van der Waals surface area contributed by atoms with Crippen molar-refractivity contribution < 1.29 is 4.79 Å². The summed E-state index contributed by atoms with van der Waals surface area (Å²) in [5.74, 6) is 3.01. The van der Waals surface area contributed by atoms with E-state index in [2.05, 4.69) is 9.88 Å². The maximum atomic E-state index is 12.6. The summed E-state index contributed by atoms with van der Waals surface area (Å²) in [5.41, 5.74) is 0. The molecule has 3 fully saturated rings. The summed E-state index contributed by atoms with van der Waals surface area (Å²) in [6.07, 6.45) is 7.64. The van der Waals surface area contributed by atoms with Gasteiger partial charge < -0.3 is 14.4 Å². The molecule has 0 radical (unpaired) electrons. The van der Waals surface area contributed by atoms with Crippen LogP contribution in [0.5, 0.6) is 0 Å². The van der Waals surface area contributed by atoms with Gasteiger partial charge in [0.05, 0.1) is 0 Å². The molecule has 0 aromatic carbocycles. The Kier molecular flexibility index (Phi) is 3.25. The zero-order valence-corrected chi connectivity index (χ0v) is 12.7. The normalized spacial score (nSPS) is 29.7. The summed E-state index contributed by atoms with van der Waals surface area (Å²) >= 11 is 0. The molecule has 1 aliphatic carbocycles. The van der Waals surface area contributed by atoms with E-state index in [0.717, 1.165) is 19.0 Å². The van der Waals surface area contributed by atoms with Gasteiger partial charge in [0.25, 0.3) is 5.91 Å². The van der Waals surface area contributed by atoms with Crippen molar-refractivity contribution in [3.8, 4) is 0 Å². The monoisotopic (exact) mass is 288 g/mol. The van der Waals surface area contributed by atoms with E-state index in [9.17, 15) is 4.79 Å². The van der Waals surface area contributed by atoms with Gasteiger partial charge in [-0.3, -0.25) is 4.79 Å². The molecule has 1 amide bonds. The van der Waals surface area contributed by atoms with Gasteiger partial charge in [-0.1, -0.05) is 0 Å². The number of hydrogen-bond acceptors (Lipinski definition) is 3. The fourth-order valence-electron chi connectivity index (χ4n) is 3.95. The maximum absolute atomic E-state index is 12.6. The first-order chi connectivity index (χ1) is 10.2. The number of nitrogens with zero attached hydrogens (tertiary/aromatic N) is 4. The summed E-state index contributed by atoms with van der Waals surface area (Å²) in [6, 6.07) is 0. The summed E-state index contributed by atoms with van der Waals surface area (Å²) in [7, 11) is 1.89. The van der Waals surface area contributed by atoms with Gasteiger partial charge in [-0.25, -0.2) is 4.98 Å². The van der Waals surface area contributed by atoms with Gasteiger partial charge >= 0.3 is 0 Å². The first kappa shape index (κ1) is 13.3. The lowest BCUT2D eigenvalue weighted by molar-refractivity contribution is 0.0768. The van der Waals surface area contributed by atoms with E-state index in [1.54, 1.807) is 6.20 Å². The predicted molar refractivity (Wildman–Crippen MR) is 79.9 cm³/mol. The Hall–Kier alpha value is -1.36. The number of amides is 1. The van der Waals surface area contributed by atoms with E-state index in [-0.39, 0.29) is 5.91 Å². The van der Waals surface area contributed by atoms with Crippen LogP contribution in [0, 0.1) is 17.8 Å². The van der Waals surface area contributed by atoms with Crippen molar-refractivity contribution in [2.45, 2.75) is 19.3 Å². The molecule has 3 aliphatic rings. The Morgan fingerprint density at radius 1 is 1.24 bits per heavy atom. The van der Waals surface area contributed by atoms with Gasteiger partial charge in [-0.2, -0.15) is 0 Å². The van der Waals surface area contributed by atoms with Crippen molar-refractivity contribution in [2.75, 3.05) is 32.7 Å². The average Bonchev–Trinajstić information content (AvgIpc) is 3.02. The van der Waals surface area contributed by atoms with Crippen molar-refractivity contribution in [1.82, 2.24) is 19.4 Å². The van der Waals surface area contributed by atoms with Crippen molar-refractivity contribution in [3.63, 3.8) is 0 Å². The molecule has 3 heterocycles. The number of rotatable bonds is 3. The van der Waals surface area contributed by atoms with Crippen molar-refractivity contribution >= 4 is 5.91 Å². The third-order valence-corrected chi connectivity index (χ3v) is 5.40. The Bertz CT molecular complexity index is 536. The number of aryl methyl sites for hydroxylation is 1. The van der Waals surface area contributed by atoms with Crippen molar-refractivity contribution in [3.05, 3.63) is 18.2 Å². The summed E-state index contributed by atoms with van der Waals surface area (Å²) in [6.45, 7) is 5.54. The first-order valence-corrected chi connectivity index (χ1v) is 8.19. The number of imidazole rings is 1. The number of carbonyl (C=O) groups excluding carboxylic acids is 1. The van der Waals surface area contributed by atoms with Crippen molar-refractivity contribution in [2.24, 2.45) is 24.8 Å². The van der Waals surface area contributed by atoms with Gasteiger partial charge in [0, 0.05) is 45.6 Å². The number of likely N-dealkylation sites (tertiary alicyclic amines) is 2. The van der Waals surface area contributed by atoms with Crippen LogP contribution >= 0.6 is 0 Å². The quantitative estimate of drug-likeness (QED) is 0.840. The summed E-state index contributed by atoms with van der Waals surface area (Å²) < 4.78 is 1.82. The number of piperidine rings is 1. The lowest BCUT2D eigenvalue weighted by Crippen LogP contribution is -2.40. The van der Waals surface area contributed by atoms with Crippen LogP contribution in [-0.2, 0) is 7.05 Å². The molecule has 2 atom stereocenters. The highest BCUT2D eigenvalue weighted by atomic mass is 16.2. The Labute approximate surface area is 125 Å². The van der Waals surface area contributed by atoms with Gasteiger partial charge in [-0.05, 0) is 43.6 Å². The molecule has 1 aromatic heterocycles. The van der Waals surface area contributed by atoms with Crippen LogP contribution in [0.3, 0.4) is 0 Å². The summed E-state index contributed by atoms with van der Waals surface area (Å²) in [5, 5.41) is 0. The van der Waals surface area contributed by atoms with E-state index < -0.39 is 0 Å². The van der Waals surface area contributed by atoms with Crippen LogP contribution in [0.15, 0.2) is 12.4 Å². The minimum atomic E-state index is 0.102. The van der Waals surface area contributed by atoms with Gasteiger partial charge in [-0.15, -0.1) is 0 Å². The maximum Gasteiger partial charge on any atom is 0.289 e. The standard InChI is InChI=1S/C16H24N4O/c1-18-7-5-17-15(18)16(21)20-10-13-4-6-19(8-12-2-3-12)9-14(13)11-20/h5,7,12-14H,2-4,6,8-11H2,1H3/t13-,14+/m1/s1. The molecule has 21 heavy (non-hydrogen) atoms. The zero-order valence-electron chi connectivity index (χ0n) is 12.7. The lowest BCUT2D eigenvalue weighted by Gasteiger charge is -2.34. The van der Waals surface area contributed by atoms with Crippen LogP contribution in [0.4, 0.5) is 0 Å². The number of hydrogen-bond donors (Lipinski definition) is 0. The molecule has 4 rings (SSSR count). The van der Waals surface area contributed by atoms with E-state index in [1.807, 2.05) is 22.7 Å². The molecule has 5 nitrogen and oxygen atoms in total. The molecule has 2 saturated heterocycles. The number of carbonyl (C=O) groups is 1. The molecule has 0 spiro atoms. The summed E-state index contributed by atoms with van der Waals surface area (Å²) in [4.78, 5) is 21.4. The molecule has 0 unspecified atom stereocenters. The molecular formula is C16H24N4O. The topological polar surface area (TPSA) is 41.4 Å². The lowest BCUT2D eigenvalue weighted by atomic mass is 9.88. The first-order valence-electron chi connectivity index (χ1n) is 8.19. The molecule has 5 heteroatoms. The molecule has 0 bridgehead atoms. The van der Waals surface area contributed by atoms with Crippen LogP contribution in [-0.4, -0.2) is 58.0 Å². The second-order valence-electron chi connectivity index (χ2n) is 7.08. The zero-order chi connectivity index (χ0) is 14.4. The van der Waals surface area contributed by atoms with Crippen LogP contribution in [0.2, 0.25) is 0 Å². The largest absolute Gasteiger partial charge is 0.335 e. The molecule has 114 valence electrons. The third kappa shape index (κ3) is 2.59. The molecule has 0 N–H and O–H groups in total. The molecule has 2 aliphatic heterocycles. The fraction of sp³-hybridized carbons (Fsp3) is 0.750. The second-order valence-corrected chi connectivity index (χ2v) is 7.08. The minimum Gasteiger partial charge on any atom is -0.335 e. The van der Waals surface area contributed by atoms with E-state index >= 15 is 0 Å². The molecule has 1 saturated carbocycles. The molecule has 1 aromatic rings. The number of aromatic nitrogens is 2. The van der Waals surface area contributed by atoms with Gasteiger partial charge in [0.2, 0.25) is 0 Å². The Morgan fingerprint density at radius 3 is 2.76 bits per heavy atom. The molecular weight excluding hydrogens is 264 g/mol. The Morgan fingerprint density at radius 2 is 2.05 bits per heavy atom. The Balaban J connectivity index is 1.40. The third-order valence-electron chi connectivity index (χ3n) is 5.40. The highest BCUT2D eigenvalue weighted by Gasteiger charge is 2.40. The predicted octanol–water partition coefficient (Wildman–Crippen LogP) is 1.22.